The molecule has 0 amide bonds. The van der Waals surface area contributed by atoms with Crippen LogP contribution in [0.2, 0.25) is 0 Å². The van der Waals surface area contributed by atoms with Gasteiger partial charge in [0.2, 0.25) is 0 Å². The molecule has 0 unspecified atom stereocenters. The van der Waals surface area contributed by atoms with Crippen molar-refractivity contribution in [2.75, 3.05) is 0 Å². The van der Waals surface area contributed by atoms with Crippen LogP contribution in [-0.2, 0) is 0 Å². The molecule has 0 heterocycles. The Morgan fingerprint density at radius 3 is 1.40 bits per heavy atom. The lowest BCUT2D eigenvalue weighted by atomic mass is 10.4. The molecule has 0 bridgehead atoms. The van der Waals surface area contributed by atoms with Crippen LogP contribution in [-0.4, -0.2) is 33.9 Å². The maximum atomic E-state index is 7.38. The molecule has 2 nitrogen and oxygen atoms in total. The van der Waals surface area contributed by atoms with E-state index in [0.717, 1.165) is 0 Å². The lowest BCUT2D eigenvalue weighted by Crippen LogP contribution is -1.96. The Kier molecular flexibility index (Phi) is 8.90. The average Bonchev–Trinajstić information content (AvgIpc) is 0.811. The summed E-state index contributed by atoms with van der Waals surface area (Å²) in [6.07, 6.45) is 0. The van der Waals surface area contributed by atoms with Crippen LogP contribution in [0.15, 0.2) is 0 Å². The molecule has 5 heteroatoms. The van der Waals surface area contributed by atoms with Crippen molar-refractivity contribution in [1.82, 2.24) is 0 Å². The van der Waals surface area contributed by atoms with E-state index in [1.807, 2.05) is 0 Å². The first-order chi connectivity index (χ1) is 1.73. The van der Waals surface area contributed by atoms with E-state index in [4.69, 9.17) is 10.0 Å². The molecule has 0 atom stereocenters. The topological polar surface area (TPSA) is 40.5 Å². The van der Waals surface area contributed by atoms with E-state index in [9.17, 15) is 0 Å². The molecule has 0 radical (unpaired) electrons. The molecule has 5 heavy (non-hydrogen) atoms. The normalized spacial score (nSPS) is 5.40. The maximum absolute atomic E-state index is 7.38. The Bertz CT molecular complexity index is 14.4. The van der Waals surface area contributed by atoms with Crippen LogP contribution in [0, 0.1) is 0 Å². The highest BCUT2D eigenvalue weighted by molar-refractivity contribution is 6.97. The maximum Gasteiger partial charge on any atom is 0.566 e. The second-order valence-electron chi connectivity index (χ2n) is 0.311. The first-order valence-corrected chi connectivity index (χ1v) is 1.17. The third kappa shape index (κ3) is 58.1. The number of hydrogen-bond donors (Lipinski definition) is 2. The summed E-state index contributed by atoms with van der Waals surface area (Å²) in [5, 5.41) is 14.8. The molecule has 0 aliphatic carbocycles. The van der Waals surface area contributed by atoms with Gasteiger partial charge in [0.15, 0.2) is 17.4 Å². The van der Waals surface area contributed by atoms with Crippen molar-refractivity contribution in [1.29, 1.82) is 0 Å². The highest BCUT2D eigenvalue weighted by atomic mass is 35.5. The first kappa shape index (κ1) is 9.26. The van der Waals surface area contributed by atoms with Gasteiger partial charge in [-0.25, -0.2) is 0 Å². The fourth-order valence-corrected chi connectivity index (χ4v) is 0. The van der Waals surface area contributed by atoms with Crippen molar-refractivity contribution in [3.05, 3.63) is 0 Å². The Hall–Kier alpha value is 0.807. The van der Waals surface area contributed by atoms with Gasteiger partial charge in [-0.1, -0.05) is 0 Å². The quantitative estimate of drug-likeness (QED) is 0.355. The van der Waals surface area contributed by atoms with Crippen molar-refractivity contribution in [2.45, 2.75) is 0 Å². The van der Waals surface area contributed by atoms with E-state index in [0.29, 0.717) is 0 Å². The molecule has 0 aliphatic rings. The second kappa shape index (κ2) is 4.81. The lowest BCUT2D eigenvalue weighted by molar-refractivity contribution is 0.435. The fourth-order valence-electron chi connectivity index (χ4n) is 0. The van der Waals surface area contributed by atoms with E-state index >= 15 is 0 Å². The third-order valence-electron chi connectivity index (χ3n) is 0. The van der Waals surface area contributed by atoms with Crippen LogP contribution >= 0.6 is 11.5 Å². The molecule has 0 fully saturated rings. The van der Waals surface area contributed by atoms with E-state index in [2.05, 4.69) is 11.5 Å². The molecule has 0 saturated heterocycles. The predicted octanol–water partition coefficient (Wildman–Crippen LogP) is -1.99. The molecule has 0 aromatic carbocycles. The van der Waals surface area contributed by atoms with E-state index in [-0.39, 0.29) is 17.4 Å². The standard InChI is InChI=1S/Al.BClH2O2.3H/c;2-1(3)4;;;/h;3-4H;;;. The molecule has 0 rings (SSSR count). The fraction of sp³-hybridized carbons (Fsp3) is 0. The zero-order chi connectivity index (χ0) is 3.58. The van der Waals surface area contributed by atoms with Crippen molar-refractivity contribution in [3.8, 4) is 0 Å². The largest absolute Gasteiger partial charge is 0.566 e. The van der Waals surface area contributed by atoms with E-state index in [1.54, 1.807) is 0 Å². The Morgan fingerprint density at radius 2 is 1.40 bits per heavy atom. The summed E-state index contributed by atoms with van der Waals surface area (Å²) in [5.74, 6) is 0. The lowest BCUT2D eigenvalue weighted by Gasteiger charge is -1.67. The van der Waals surface area contributed by atoms with Crippen molar-refractivity contribution in [2.24, 2.45) is 0 Å². The minimum Gasteiger partial charge on any atom is -0.414 e. The van der Waals surface area contributed by atoms with Gasteiger partial charge in [-0.15, -0.1) is 11.5 Å². The highest BCUT2D eigenvalue weighted by Crippen LogP contribution is 1.67. The Morgan fingerprint density at radius 1 is 1.40 bits per heavy atom. The molecule has 2 N–H and O–H groups in total. The van der Waals surface area contributed by atoms with Crippen molar-refractivity contribution >= 4 is 35.4 Å². The van der Waals surface area contributed by atoms with Gasteiger partial charge in [-0.2, -0.15) is 0 Å². The van der Waals surface area contributed by atoms with Crippen LogP contribution in [0.5, 0.6) is 0 Å². The minimum atomic E-state index is -1.69. The average molecular weight is 110 g/mol. The summed E-state index contributed by atoms with van der Waals surface area (Å²) >= 11 is 4.39. The SMILES string of the molecule is OB(O)Cl.[AlH3]. The van der Waals surface area contributed by atoms with E-state index in [1.165, 1.54) is 0 Å². The molecule has 0 aromatic rings. The highest BCUT2D eigenvalue weighted by Gasteiger charge is 1.92. The summed E-state index contributed by atoms with van der Waals surface area (Å²) < 4.78 is 0. The van der Waals surface area contributed by atoms with Crippen molar-refractivity contribution < 1.29 is 10.0 Å². The van der Waals surface area contributed by atoms with Crippen LogP contribution in [0.4, 0.5) is 0 Å². The van der Waals surface area contributed by atoms with Gasteiger partial charge in [0.25, 0.3) is 0 Å². The number of hydrogen-bond acceptors (Lipinski definition) is 2. The molecule has 30 valence electrons. The molecule has 0 saturated carbocycles. The number of halogens is 1. The van der Waals surface area contributed by atoms with Crippen molar-refractivity contribution in [3.63, 3.8) is 0 Å². The summed E-state index contributed by atoms with van der Waals surface area (Å²) in [6.45, 7) is -1.69. The summed E-state index contributed by atoms with van der Waals surface area (Å²) in [7, 11) is 0. The molecule has 0 aromatic heterocycles. The summed E-state index contributed by atoms with van der Waals surface area (Å²) in [5.41, 5.74) is 0. The van der Waals surface area contributed by atoms with Gasteiger partial charge in [-0.3, -0.25) is 0 Å². The van der Waals surface area contributed by atoms with Gasteiger partial charge in [-0.05, 0) is 0 Å². The van der Waals surface area contributed by atoms with Gasteiger partial charge in [0.05, 0.1) is 0 Å². The zero-order valence-electron chi connectivity index (χ0n) is 1.85. The molecule has 0 spiro atoms. The molecular weight excluding hydrogens is 105 g/mol. The van der Waals surface area contributed by atoms with Gasteiger partial charge < -0.3 is 10.0 Å². The summed E-state index contributed by atoms with van der Waals surface area (Å²) in [6, 6.07) is 0. The monoisotopic (exact) mass is 110 g/mol. The number of rotatable bonds is 0. The van der Waals surface area contributed by atoms with Crippen LogP contribution in [0.3, 0.4) is 0 Å². The van der Waals surface area contributed by atoms with Crippen LogP contribution in [0.25, 0.3) is 0 Å². The predicted molar refractivity (Wildman–Crippen MR) is 26.0 cm³/mol. The summed E-state index contributed by atoms with van der Waals surface area (Å²) in [4.78, 5) is 0. The third-order valence-corrected chi connectivity index (χ3v) is 0. The second-order valence-corrected chi connectivity index (χ2v) is 0.701. The van der Waals surface area contributed by atoms with Crippen LogP contribution < -0.4 is 0 Å². The molecule has 0 aliphatic heterocycles. The van der Waals surface area contributed by atoms with Gasteiger partial charge >= 0.3 is 6.53 Å². The van der Waals surface area contributed by atoms with Gasteiger partial charge in [0, 0.05) is 0 Å². The Balaban J connectivity index is 0. The smallest absolute Gasteiger partial charge is 0.414 e. The van der Waals surface area contributed by atoms with Gasteiger partial charge in [0.1, 0.15) is 0 Å². The Labute approximate surface area is 45.9 Å². The minimum absolute atomic E-state index is 0. The van der Waals surface area contributed by atoms with E-state index < -0.39 is 6.53 Å². The first-order valence-electron chi connectivity index (χ1n) is 0.735. The zero-order valence-corrected chi connectivity index (χ0v) is 2.61. The molecular formula is H5AlBClO2. The van der Waals surface area contributed by atoms with Crippen LogP contribution in [0.1, 0.15) is 0 Å².